The van der Waals surface area contributed by atoms with E-state index in [1.165, 1.54) is 22.5 Å². The zero-order valence-electron chi connectivity index (χ0n) is 17.1. The quantitative estimate of drug-likeness (QED) is 0.458. The number of aryl methyl sites for hydroxylation is 1. The van der Waals surface area contributed by atoms with Gasteiger partial charge in [0.05, 0.1) is 34.9 Å². The molecule has 0 aliphatic carbocycles. The van der Waals surface area contributed by atoms with E-state index in [1.807, 2.05) is 24.3 Å². The molecule has 0 radical (unpaired) electrons. The molecule has 10 heteroatoms. The molecule has 1 N–H and O–H groups in total. The first-order chi connectivity index (χ1) is 14.8. The second kappa shape index (κ2) is 8.12. The van der Waals surface area contributed by atoms with E-state index in [0.29, 0.717) is 36.5 Å². The Kier molecular flexibility index (Phi) is 5.50. The Bertz CT molecular complexity index is 1240. The summed E-state index contributed by atoms with van der Waals surface area (Å²) in [4.78, 5) is 18.2. The maximum absolute atomic E-state index is 13.4. The highest BCUT2D eigenvalue weighted by molar-refractivity contribution is 7.89. The zero-order valence-corrected chi connectivity index (χ0v) is 17.9. The molecule has 31 heavy (non-hydrogen) atoms. The van der Waals surface area contributed by atoms with Gasteiger partial charge >= 0.3 is 0 Å². The molecule has 0 spiro atoms. The molecule has 3 aromatic rings. The van der Waals surface area contributed by atoms with Crippen molar-refractivity contribution < 1.29 is 18.1 Å². The highest BCUT2D eigenvalue weighted by Gasteiger charge is 2.38. The van der Waals surface area contributed by atoms with Gasteiger partial charge in [-0.2, -0.15) is 4.31 Å². The summed E-state index contributed by atoms with van der Waals surface area (Å²) >= 11 is 0. The van der Waals surface area contributed by atoms with Gasteiger partial charge in [0.25, 0.3) is 5.69 Å². The number of benzene rings is 2. The van der Waals surface area contributed by atoms with E-state index in [4.69, 9.17) is 4.74 Å². The van der Waals surface area contributed by atoms with Crippen molar-refractivity contribution >= 4 is 15.7 Å². The van der Waals surface area contributed by atoms with Gasteiger partial charge in [-0.3, -0.25) is 10.1 Å². The van der Waals surface area contributed by atoms with Crippen LogP contribution in [0.2, 0.25) is 0 Å². The van der Waals surface area contributed by atoms with Gasteiger partial charge in [0.1, 0.15) is 11.6 Å². The number of methoxy groups -OCH3 is 1. The molecule has 1 aromatic heterocycles. The van der Waals surface area contributed by atoms with Gasteiger partial charge in [0.2, 0.25) is 10.0 Å². The van der Waals surface area contributed by atoms with E-state index in [1.54, 1.807) is 20.2 Å². The predicted octanol–water partition coefficient (Wildman–Crippen LogP) is 3.83. The number of H-pyrrole nitrogens is 1. The van der Waals surface area contributed by atoms with Crippen molar-refractivity contribution in [2.24, 2.45) is 0 Å². The van der Waals surface area contributed by atoms with Gasteiger partial charge in [0, 0.05) is 24.2 Å². The van der Waals surface area contributed by atoms with Gasteiger partial charge in [-0.15, -0.1) is 0 Å². The van der Waals surface area contributed by atoms with Crippen LogP contribution in [0.1, 0.15) is 30.3 Å². The van der Waals surface area contributed by atoms with Gasteiger partial charge in [-0.25, -0.2) is 13.4 Å². The number of hydrogen-bond acceptors (Lipinski definition) is 6. The lowest BCUT2D eigenvalue weighted by atomic mass is 10.1. The minimum absolute atomic E-state index is 0.0737. The monoisotopic (exact) mass is 442 g/mol. The fourth-order valence-electron chi connectivity index (χ4n) is 3.91. The standard InChI is InChI=1S/C21H22N4O5S/c1-14-11-16(25(26)27)8-9-20(14)31(28,29)24-10-4-7-19(24)21-22-13-18(23-21)15-5-3-6-17(12-15)30-2/h3,5-6,8-9,11-13,19H,4,7,10H2,1-2H3,(H,22,23)/t19-/m0/s1. The Balaban J connectivity index is 1.65. The van der Waals surface area contributed by atoms with Gasteiger partial charge in [-0.05, 0) is 43.5 Å². The second-order valence-electron chi connectivity index (χ2n) is 7.39. The molecule has 9 nitrogen and oxygen atoms in total. The molecule has 162 valence electrons. The molecular formula is C21H22N4O5S. The Hall–Kier alpha value is -3.24. The number of aromatic amines is 1. The number of imidazole rings is 1. The Morgan fingerprint density at radius 1 is 1.26 bits per heavy atom. The minimum atomic E-state index is -3.84. The third-order valence-corrected chi connectivity index (χ3v) is 7.52. The highest BCUT2D eigenvalue weighted by Crippen LogP contribution is 2.37. The normalized spacial score (nSPS) is 17.0. The van der Waals surface area contributed by atoms with E-state index in [0.717, 1.165) is 11.3 Å². The zero-order chi connectivity index (χ0) is 22.2. The molecule has 1 saturated heterocycles. The highest BCUT2D eigenvalue weighted by atomic mass is 32.2. The average molecular weight is 442 g/mol. The first-order valence-corrected chi connectivity index (χ1v) is 11.2. The summed E-state index contributed by atoms with van der Waals surface area (Å²) in [5.74, 6) is 1.28. The molecule has 0 bridgehead atoms. The number of ether oxygens (including phenoxy) is 1. The van der Waals surface area contributed by atoms with Gasteiger partial charge < -0.3 is 9.72 Å². The van der Waals surface area contributed by atoms with Crippen LogP contribution in [0, 0.1) is 17.0 Å². The topological polar surface area (TPSA) is 118 Å². The second-order valence-corrected chi connectivity index (χ2v) is 9.25. The van der Waals surface area contributed by atoms with E-state index in [-0.39, 0.29) is 10.6 Å². The van der Waals surface area contributed by atoms with E-state index in [2.05, 4.69) is 9.97 Å². The molecule has 2 heterocycles. The van der Waals surface area contributed by atoms with Crippen LogP contribution < -0.4 is 4.74 Å². The van der Waals surface area contributed by atoms with Crippen LogP contribution in [-0.2, 0) is 10.0 Å². The molecule has 0 unspecified atom stereocenters. The summed E-state index contributed by atoms with van der Waals surface area (Å²) in [6.45, 7) is 1.93. The molecular weight excluding hydrogens is 420 g/mol. The molecule has 1 atom stereocenters. The number of sulfonamides is 1. The molecule has 2 aromatic carbocycles. The summed E-state index contributed by atoms with van der Waals surface area (Å²) < 4.78 is 33.4. The molecule has 1 aliphatic heterocycles. The number of aromatic nitrogens is 2. The first-order valence-electron chi connectivity index (χ1n) is 9.77. The Morgan fingerprint density at radius 2 is 2.06 bits per heavy atom. The van der Waals surface area contributed by atoms with E-state index < -0.39 is 21.0 Å². The van der Waals surface area contributed by atoms with Crippen LogP contribution in [0.5, 0.6) is 5.75 Å². The Labute approximate surface area is 179 Å². The lowest BCUT2D eigenvalue weighted by molar-refractivity contribution is -0.385. The van der Waals surface area contributed by atoms with Crippen LogP contribution >= 0.6 is 0 Å². The third-order valence-electron chi connectivity index (χ3n) is 5.45. The van der Waals surface area contributed by atoms with Crippen molar-refractivity contribution in [2.45, 2.75) is 30.7 Å². The van der Waals surface area contributed by atoms with Crippen molar-refractivity contribution in [3.05, 3.63) is 70.2 Å². The third kappa shape index (κ3) is 3.91. The Morgan fingerprint density at radius 3 is 2.77 bits per heavy atom. The van der Waals surface area contributed by atoms with E-state index in [9.17, 15) is 18.5 Å². The number of non-ortho nitro benzene ring substituents is 1. The van der Waals surface area contributed by atoms with Crippen LogP contribution in [0.25, 0.3) is 11.3 Å². The summed E-state index contributed by atoms with van der Waals surface area (Å²) in [6, 6.07) is 10.9. The maximum Gasteiger partial charge on any atom is 0.269 e. The van der Waals surface area contributed by atoms with Crippen molar-refractivity contribution in [2.75, 3.05) is 13.7 Å². The maximum atomic E-state index is 13.4. The minimum Gasteiger partial charge on any atom is -0.497 e. The van der Waals surface area contributed by atoms with Crippen LogP contribution in [0.4, 0.5) is 5.69 Å². The number of nitrogens with zero attached hydrogens (tertiary/aromatic N) is 3. The lowest BCUT2D eigenvalue weighted by Crippen LogP contribution is -2.31. The smallest absolute Gasteiger partial charge is 0.269 e. The van der Waals surface area contributed by atoms with E-state index >= 15 is 0 Å². The largest absolute Gasteiger partial charge is 0.497 e. The van der Waals surface area contributed by atoms with Crippen molar-refractivity contribution in [3.63, 3.8) is 0 Å². The summed E-state index contributed by atoms with van der Waals surface area (Å²) in [5, 5.41) is 11.0. The van der Waals surface area contributed by atoms with Crippen molar-refractivity contribution in [1.29, 1.82) is 0 Å². The van der Waals surface area contributed by atoms with Crippen molar-refractivity contribution in [1.82, 2.24) is 14.3 Å². The van der Waals surface area contributed by atoms with Gasteiger partial charge in [0.15, 0.2) is 0 Å². The fourth-order valence-corrected chi connectivity index (χ4v) is 5.78. The molecule has 0 saturated carbocycles. The number of nitro groups is 1. The molecule has 1 aliphatic rings. The molecule has 0 amide bonds. The molecule has 1 fully saturated rings. The number of hydrogen-bond donors (Lipinski definition) is 1. The van der Waals surface area contributed by atoms with Crippen LogP contribution in [0.3, 0.4) is 0 Å². The summed E-state index contributed by atoms with van der Waals surface area (Å²) in [5.41, 5.74) is 1.86. The van der Waals surface area contributed by atoms with Crippen LogP contribution in [-0.4, -0.2) is 41.3 Å². The average Bonchev–Trinajstić information content (AvgIpc) is 3.43. The predicted molar refractivity (Wildman–Crippen MR) is 114 cm³/mol. The van der Waals surface area contributed by atoms with Crippen molar-refractivity contribution in [3.8, 4) is 17.0 Å². The SMILES string of the molecule is COc1cccc(-c2cnc([C@@H]3CCCN3S(=O)(=O)c3ccc([N+](=O)[O-])cc3C)[nH]2)c1. The fraction of sp³-hybridized carbons (Fsp3) is 0.286. The van der Waals surface area contributed by atoms with Gasteiger partial charge in [-0.1, -0.05) is 12.1 Å². The number of nitro benzene ring substituents is 1. The number of rotatable bonds is 6. The number of nitrogens with one attached hydrogen (secondary N) is 1. The summed E-state index contributed by atoms with van der Waals surface area (Å²) in [7, 11) is -2.25. The molecule has 4 rings (SSSR count). The lowest BCUT2D eigenvalue weighted by Gasteiger charge is -2.23. The van der Waals surface area contributed by atoms with Crippen LogP contribution in [0.15, 0.2) is 53.6 Å². The summed E-state index contributed by atoms with van der Waals surface area (Å²) in [6.07, 6.45) is 3.02. The first kappa shape index (κ1) is 21.0.